The van der Waals surface area contributed by atoms with Crippen molar-refractivity contribution < 1.29 is 14.3 Å². The van der Waals surface area contributed by atoms with Gasteiger partial charge in [-0.2, -0.15) is 0 Å². The zero-order chi connectivity index (χ0) is 13.4. The molecule has 1 aliphatic heterocycles. The molecule has 0 aliphatic carbocycles. The third kappa shape index (κ3) is 4.27. The van der Waals surface area contributed by atoms with Crippen LogP contribution in [0.15, 0.2) is 0 Å². The average molecular weight is 257 g/mol. The molecule has 2 amide bonds. The molecule has 0 aromatic carbocycles. The fraction of sp³-hybridized carbons (Fsp3) is 0.833. The molecule has 1 rings (SSSR count). The summed E-state index contributed by atoms with van der Waals surface area (Å²) in [4.78, 5) is 22.7. The Morgan fingerprint density at radius 1 is 1.22 bits per heavy atom. The predicted molar refractivity (Wildman–Crippen MR) is 67.6 cm³/mol. The molecule has 6 heteroatoms. The number of nitrogens with one attached hydrogen (secondary N) is 1. The number of nitrogens with two attached hydrogens (primary N) is 2. The SMILES string of the molecule is NCC1(C(=O)NCCCCC(N)=O)CCOCC1. The molecule has 0 saturated carbocycles. The summed E-state index contributed by atoms with van der Waals surface area (Å²) in [6.45, 7) is 2.09. The molecule has 104 valence electrons. The van der Waals surface area contributed by atoms with Gasteiger partial charge in [-0.1, -0.05) is 0 Å². The summed E-state index contributed by atoms with van der Waals surface area (Å²) < 4.78 is 5.26. The molecule has 0 unspecified atom stereocenters. The standard InChI is InChI=1S/C12H23N3O3/c13-9-12(4-7-18-8-5-12)11(17)15-6-2-1-3-10(14)16/h1-9,13H2,(H2,14,16)(H,15,17). The Labute approximate surface area is 107 Å². The van der Waals surface area contributed by atoms with Gasteiger partial charge in [0.2, 0.25) is 11.8 Å². The van der Waals surface area contributed by atoms with Gasteiger partial charge in [-0.05, 0) is 25.7 Å². The van der Waals surface area contributed by atoms with E-state index in [2.05, 4.69) is 5.32 Å². The molecule has 1 fully saturated rings. The van der Waals surface area contributed by atoms with Crippen molar-refractivity contribution in [2.24, 2.45) is 16.9 Å². The number of unbranched alkanes of at least 4 members (excludes halogenated alkanes) is 1. The highest BCUT2D eigenvalue weighted by Gasteiger charge is 2.38. The largest absolute Gasteiger partial charge is 0.381 e. The Kier molecular flexibility index (Phi) is 6.07. The van der Waals surface area contributed by atoms with E-state index in [9.17, 15) is 9.59 Å². The van der Waals surface area contributed by atoms with E-state index >= 15 is 0 Å². The summed E-state index contributed by atoms with van der Waals surface area (Å²) in [6, 6.07) is 0. The molecule has 0 atom stereocenters. The van der Waals surface area contributed by atoms with Crippen LogP contribution >= 0.6 is 0 Å². The van der Waals surface area contributed by atoms with Crippen molar-refractivity contribution in [1.29, 1.82) is 0 Å². The monoisotopic (exact) mass is 257 g/mol. The maximum absolute atomic E-state index is 12.1. The number of ether oxygens (including phenoxy) is 1. The second-order valence-electron chi connectivity index (χ2n) is 4.78. The highest BCUT2D eigenvalue weighted by molar-refractivity contribution is 5.83. The molecular formula is C12H23N3O3. The maximum Gasteiger partial charge on any atom is 0.227 e. The number of hydrogen-bond acceptors (Lipinski definition) is 4. The molecular weight excluding hydrogens is 234 g/mol. The van der Waals surface area contributed by atoms with Gasteiger partial charge >= 0.3 is 0 Å². The molecule has 0 spiro atoms. The summed E-state index contributed by atoms with van der Waals surface area (Å²) in [5, 5.41) is 2.89. The van der Waals surface area contributed by atoms with Crippen LogP contribution in [0.2, 0.25) is 0 Å². The zero-order valence-corrected chi connectivity index (χ0v) is 10.7. The molecule has 1 aliphatic rings. The lowest BCUT2D eigenvalue weighted by Gasteiger charge is -2.34. The molecule has 0 radical (unpaired) electrons. The molecule has 5 N–H and O–H groups in total. The number of carbonyl (C=O) groups excluding carboxylic acids is 2. The van der Waals surface area contributed by atoms with Crippen molar-refractivity contribution in [1.82, 2.24) is 5.32 Å². The fourth-order valence-electron chi connectivity index (χ4n) is 2.10. The van der Waals surface area contributed by atoms with Crippen LogP contribution in [-0.4, -0.2) is 38.1 Å². The maximum atomic E-state index is 12.1. The average Bonchev–Trinajstić information content (AvgIpc) is 2.38. The van der Waals surface area contributed by atoms with Gasteiger partial charge in [0.1, 0.15) is 0 Å². The van der Waals surface area contributed by atoms with Gasteiger partial charge < -0.3 is 21.5 Å². The highest BCUT2D eigenvalue weighted by Crippen LogP contribution is 2.29. The van der Waals surface area contributed by atoms with E-state index in [1.807, 2.05) is 0 Å². The van der Waals surface area contributed by atoms with Crippen LogP contribution in [0, 0.1) is 5.41 Å². The van der Waals surface area contributed by atoms with Crippen molar-refractivity contribution in [2.45, 2.75) is 32.1 Å². The predicted octanol–water partition coefficient (Wildman–Crippen LogP) is -0.486. The van der Waals surface area contributed by atoms with Crippen LogP contribution in [0.25, 0.3) is 0 Å². The number of amides is 2. The highest BCUT2D eigenvalue weighted by atomic mass is 16.5. The Balaban J connectivity index is 2.27. The second kappa shape index (κ2) is 7.33. The van der Waals surface area contributed by atoms with Gasteiger partial charge in [0.05, 0.1) is 5.41 Å². The van der Waals surface area contributed by atoms with Crippen molar-refractivity contribution in [3.8, 4) is 0 Å². The third-order valence-corrected chi connectivity index (χ3v) is 3.46. The van der Waals surface area contributed by atoms with E-state index in [1.165, 1.54) is 0 Å². The molecule has 0 aromatic rings. The minimum atomic E-state index is -0.470. The Morgan fingerprint density at radius 2 is 1.89 bits per heavy atom. The van der Waals surface area contributed by atoms with E-state index < -0.39 is 5.41 Å². The van der Waals surface area contributed by atoms with Gasteiger partial charge in [0.15, 0.2) is 0 Å². The van der Waals surface area contributed by atoms with Crippen molar-refractivity contribution >= 4 is 11.8 Å². The lowest BCUT2D eigenvalue weighted by molar-refractivity contribution is -0.135. The van der Waals surface area contributed by atoms with E-state index in [0.717, 1.165) is 6.42 Å². The minimum Gasteiger partial charge on any atom is -0.381 e. The first-order valence-corrected chi connectivity index (χ1v) is 6.45. The zero-order valence-electron chi connectivity index (χ0n) is 10.7. The first kappa shape index (κ1) is 14.9. The summed E-state index contributed by atoms with van der Waals surface area (Å²) in [7, 11) is 0. The van der Waals surface area contributed by atoms with Gasteiger partial charge in [0.25, 0.3) is 0 Å². The van der Waals surface area contributed by atoms with Crippen molar-refractivity contribution in [3.63, 3.8) is 0 Å². The first-order valence-electron chi connectivity index (χ1n) is 6.45. The molecule has 18 heavy (non-hydrogen) atoms. The van der Waals surface area contributed by atoms with Crippen LogP contribution in [0.3, 0.4) is 0 Å². The lowest BCUT2D eigenvalue weighted by atomic mass is 9.79. The van der Waals surface area contributed by atoms with Crippen LogP contribution in [0.5, 0.6) is 0 Å². The fourth-order valence-corrected chi connectivity index (χ4v) is 2.10. The van der Waals surface area contributed by atoms with E-state index in [0.29, 0.717) is 52.0 Å². The van der Waals surface area contributed by atoms with Crippen LogP contribution in [-0.2, 0) is 14.3 Å². The third-order valence-electron chi connectivity index (χ3n) is 3.46. The molecule has 1 saturated heterocycles. The molecule has 6 nitrogen and oxygen atoms in total. The lowest BCUT2D eigenvalue weighted by Crippen LogP contribution is -2.49. The molecule has 1 heterocycles. The van der Waals surface area contributed by atoms with Crippen LogP contribution < -0.4 is 16.8 Å². The molecule has 0 bridgehead atoms. The quantitative estimate of drug-likeness (QED) is 0.535. The normalized spacial score (nSPS) is 18.3. The minimum absolute atomic E-state index is 0.00683. The summed E-state index contributed by atoms with van der Waals surface area (Å²) >= 11 is 0. The second-order valence-corrected chi connectivity index (χ2v) is 4.78. The van der Waals surface area contributed by atoms with Gasteiger partial charge in [-0.15, -0.1) is 0 Å². The summed E-state index contributed by atoms with van der Waals surface area (Å²) in [5.74, 6) is -0.295. The van der Waals surface area contributed by atoms with E-state index in [-0.39, 0.29) is 11.8 Å². The van der Waals surface area contributed by atoms with Crippen molar-refractivity contribution in [3.05, 3.63) is 0 Å². The van der Waals surface area contributed by atoms with E-state index in [4.69, 9.17) is 16.2 Å². The van der Waals surface area contributed by atoms with E-state index in [1.54, 1.807) is 0 Å². The Bertz CT molecular complexity index is 288. The first-order chi connectivity index (χ1) is 8.60. The topological polar surface area (TPSA) is 107 Å². The van der Waals surface area contributed by atoms with Crippen molar-refractivity contribution in [2.75, 3.05) is 26.3 Å². The molecule has 0 aromatic heterocycles. The number of rotatable bonds is 7. The number of carbonyl (C=O) groups is 2. The smallest absolute Gasteiger partial charge is 0.227 e. The summed E-state index contributed by atoms with van der Waals surface area (Å²) in [5.41, 5.74) is 10.3. The Hall–Kier alpha value is -1.14. The van der Waals surface area contributed by atoms with Gasteiger partial charge in [-0.3, -0.25) is 9.59 Å². The number of hydrogen-bond donors (Lipinski definition) is 3. The Morgan fingerprint density at radius 3 is 2.44 bits per heavy atom. The van der Waals surface area contributed by atoms with Gasteiger partial charge in [0, 0.05) is 32.7 Å². The van der Waals surface area contributed by atoms with Crippen LogP contribution in [0.4, 0.5) is 0 Å². The van der Waals surface area contributed by atoms with Gasteiger partial charge in [-0.25, -0.2) is 0 Å². The van der Waals surface area contributed by atoms with Crippen LogP contribution in [0.1, 0.15) is 32.1 Å². The summed E-state index contributed by atoms with van der Waals surface area (Å²) in [6.07, 6.45) is 3.18. The number of primary amides is 1.